The first-order valence-corrected chi connectivity index (χ1v) is 3.49. The molecule has 10 heavy (non-hydrogen) atoms. The van der Waals surface area contributed by atoms with Crippen LogP contribution in [-0.4, -0.2) is 28.6 Å². The molecule has 0 aliphatic carbocycles. The van der Waals surface area contributed by atoms with Gasteiger partial charge in [0.25, 0.3) is 0 Å². The Morgan fingerprint density at radius 3 is 2.20 bits per heavy atom. The van der Waals surface area contributed by atoms with E-state index >= 15 is 0 Å². The molecule has 3 N–H and O–H groups in total. The van der Waals surface area contributed by atoms with E-state index in [1.165, 1.54) is 0 Å². The van der Waals surface area contributed by atoms with Gasteiger partial charge in [-0.15, -0.1) is 0 Å². The summed E-state index contributed by atoms with van der Waals surface area (Å²) in [5, 5.41) is 20.2. The Bertz CT molecular complexity index is 85.7. The molecule has 2 unspecified atom stereocenters. The van der Waals surface area contributed by atoms with Crippen molar-refractivity contribution in [3.05, 3.63) is 6.92 Å². The standard InChI is InChI=1S/C7H16NO2/c1-4-5(2)8-6(3)7(9)10/h5-10H,1,4H2,2-3H3. The third kappa shape index (κ3) is 3.82. The SMILES string of the molecule is [CH2]CC(C)NC(C)C(O)O. The summed E-state index contributed by atoms with van der Waals surface area (Å²) in [6.45, 7) is 7.34. The van der Waals surface area contributed by atoms with Gasteiger partial charge in [-0.25, -0.2) is 0 Å². The third-order valence-corrected chi connectivity index (χ3v) is 1.43. The van der Waals surface area contributed by atoms with Gasteiger partial charge in [0.05, 0.1) is 6.04 Å². The molecule has 0 saturated heterocycles. The number of rotatable bonds is 4. The summed E-state index contributed by atoms with van der Waals surface area (Å²) in [6.07, 6.45) is -0.536. The van der Waals surface area contributed by atoms with E-state index in [0.29, 0.717) is 0 Å². The highest BCUT2D eigenvalue weighted by molar-refractivity contribution is 4.68. The van der Waals surface area contributed by atoms with Crippen molar-refractivity contribution in [2.24, 2.45) is 0 Å². The lowest BCUT2D eigenvalue weighted by Crippen LogP contribution is -2.41. The maximum atomic E-state index is 8.64. The molecule has 0 aliphatic heterocycles. The Balaban J connectivity index is 3.46. The van der Waals surface area contributed by atoms with Gasteiger partial charge in [0.2, 0.25) is 0 Å². The van der Waals surface area contributed by atoms with E-state index < -0.39 is 6.29 Å². The maximum absolute atomic E-state index is 8.64. The van der Waals surface area contributed by atoms with Crippen LogP contribution in [0, 0.1) is 6.92 Å². The molecule has 0 spiro atoms. The van der Waals surface area contributed by atoms with Crippen molar-refractivity contribution in [1.82, 2.24) is 5.32 Å². The quantitative estimate of drug-likeness (QED) is 0.485. The molecule has 0 saturated carbocycles. The minimum Gasteiger partial charge on any atom is -0.367 e. The molecule has 1 radical (unpaired) electrons. The predicted molar refractivity (Wildman–Crippen MR) is 40.3 cm³/mol. The fourth-order valence-electron chi connectivity index (χ4n) is 0.618. The molecule has 2 atom stereocenters. The summed E-state index contributed by atoms with van der Waals surface area (Å²) in [5.74, 6) is 0. The lowest BCUT2D eigenvalue weighted by molar-refractivity contribution is -0.0643. The number of nitrogens with one attached hydrogen (secondary N) is 1. The molecule has 0 aromatic carbocycles. The van der Waals surface area contributed by atoms with Crippen molar-refractivity contribution >= 4 is 0 Å². The first-order valence-electron chi connectivity index (χ1n) is 3.49. The van der Waals surface area contributed by atoms with Gasteiger partial charge < -0.3 is 15.5 Å². The number of hydrogen-bond donors (Lipinski definition) is 3. The van der Waals surface area contributed by atoms with Gasteiger partial charge in [-0.2, -0.15) is 0 Å². The molecule has 61 valence electrons. The Kier molecular flexibility index (Phi) is 4.60. The molecule has 0 aliphatic rings. The topological polar surface area (TPSA) is 52.5 Å². The fraction of sp³-hybridized carbons (Fsp3) is 0.857. The van der Waals surface area contributed by atoms with Crippen molar-refractivity contribution in [3.63, 3.8) is 0 Å². The highest BCUT2D eigenvalue weighted by Gasteiger charge is 2.11. The zero-order valence-electron chi connectivity index (χ0n) is 6.54. The molecule has 3 heteroatoms. The molecule has 0 aromatic rings. The lowest BCUT2D eigenvalue weighted by Gasteiger charge is -2.19. The third-order valence-electron chi connectivity index (χ3n) is 1.43. The van der Waals surface area contributed by atoms with E-state index in [1.54, 1.807) is 6.92 Å². The Morgan fingerprint density at radius 1 is 1.40 bits per heavy atom. The lowest BCUT2D eigenvalue weighted by atomic mass is 10.2. The van der Waals surface area contributed by atoms with E-state index in [0.717, 1.165) is 6.42 Å². The van der Waals surface area contributed by atoms with Gasteiger partial charge in [-0.05, 0) is 20.3 Å². The highest BCUT2D eigenvalue weighted by Crippen LogP contribution is 1.93. The molecular weight excluding hydrogens is 130 g/mol. The van der Waals surface area contributed by atoms with Crippen LogP contribution in [0.15, 0.2) is 0 Å². The number of hydrogen-bond acceptors (Lipinski definition) is 3. The van der Waals surface area contributed by atoms with Crippen LogP contribution in [0.1, 0.15) is 20.3 Å². The Morgan fingerprint density at radius 2 is 1.90 bits per heavy atom. The second kappa shape index (κ2) is 4.66. The van der Waals surface area contributed by atoms with Crippen LogP contribution in [0.5, 0.6) is 0 Å². The minimum absolute atomic E-state index is 0.233. The van der Waals surface area contributed by atoms with Crippen LogP contribution in [-0.2, 0) is 0 Å². The maximum Gasteiger partial charge on any atom is 0.166 e. The zero-order valence-corrected chi connectivity index (χ0v) is 6.54. The summed E-state index contributed by atoms with van der Waals surface area (Å²) in [7, 11) is 0. The molecular formula is C7H16NO2. The van der Waals surface area contributed by atoms with Gasteiger partial charge in [0.15, 0.2) is 6.29 Å². The van der Waals surface area contributed by atoms with Gasteiger partial charge in [-0.3, -0.25) is 0 Å². The number of aliphatic hydroxyl groups is 2. The van der Waals surface area contributed by atoms with Crippen molar-refractivity contribution in [3.8, 4) is 0 Å². The molecule has 0 rings (SSSR count). The summed E-state index contributed by atoms with van der Waals surface area (Å²) in [5.41, 5.74) is 0. The van der Waals surface area contributed by atoms with Gasteiger partial charge >= 0.3 is 0 Å². The monoisotopic (exact) mass is 146 g/mol. The van der Waals surface area contributed by atoms with Crippen LogP contribution >= 0.6 is 0 Å². The van der Waals surface area contributed by atoms with Crippen LogP contribution in [0.2, 0.25) is 0 Å². The minimum atomic E-state index is -1.28. The Hall–Kier alpha value is -0.120. The van der Waals surface area contributed by atoms with Crippen LogP contribution in [0.3, 0.4) is 0 Å². The van der Waals surface area contributed by atoms with Crippen molar-refractivity contribution in [2.75, 3.05) is 0 Å². The smallest absolute Gasteiger partial charge is 0.166 e. The van der Waals surface area contributed by atoms with Crippen molar-refractivity contribution < 1.29 is 10.2 Å². The first-order chi connectivity index (χ1) is 4.57. The molecule has 0 heterocycles. The summed E-state index contributed by atoms with van der Waals surface area (Å²) < 4.78 is 0. The average Bonchev–Trinajstić information content (AvgIpc) is 1.87. The fourth-order valence-corrected chi connectivity index (χ4v) is 0.618. The van der Waals surface area contributed by atoms with Crippen molar-refractivity contribution in [2.45, 2.75) is 38.6 Å². The van der Waals surface area contributed by atoms with E-state index in [2.05, 4.69) is 12.2 Å². The molecule has 0 bridgehead atoms. The second-order valence-corrected chi connectivity index (χ2v) is 2.56. The normalized spacial score (nSPS) is 17.4. The molecule has 0 aromatic heterocycles. The van der Waals surface area contributed by atoms with Crippen molar-refractivity contribution in [1.29, 1.82) is 0 Å². The summed E-state index contributed by atoms with van der Waals surface area (Å²) in [6, 6.07) is -0.0476. The average molecular weight is 146 g/mol. The molecule has 0 fully saturated rings. The van der Waals surface area contributed by atoms with E-state index in [1.807, 2.05) is 6.92 Å². The van der Waals surface area contributed by atoms with Gasteiger partial charge in [0.1, 0.15) is 0 Å². The van der Waals surface area contributed by atoms with E-state index in [4.69, 9.17) is 10.2 Å². The summed E-state index contributed by atoms with van der Waals surface area (Å²) >= 11 is 0. The second-order valence-electron chi connectivity index (χ2n) is 2.56. The molecule has 3 nitrogen and oxygen atoms in total. The predicted octanol–water partition coefficient (Wildman–Crippen LogP) is -0.112. The number of aliphatic hydroxyl groups excluding tert-OH is 1. The van der Waals surface area contributed by atoms with Crippen LogP contribution in [0.4, 0.5) is 0 Å². The highest BCUT2D eigenvalue weighted by atomic mass is 16.5. The van der Waals surface area contributed by atoms with Crippen LogP contribution < -0.4 is 5.32 Å². The molecule has 0 amide bonds. The van der Waals surface area contributed by atoms with Gasteiger partial charge in [0, 0.05) is 6.04 Å². The van der Waals surface area contributed by atoms with E-state index in [-0.39, 0.29) is 12.1 Å². The Labute approximate surface area is 62.1 Å². The zero-order chi connectivity index (χ0) is 8.15. The largest absolute Gasteiger partial charge is 0.367 e. The summed E-state index contributed by atoms with van der Waals surface area (Å²) in [4.78, 5) is 0. The van der Waals surface area contributed by atoms with Gasteiger partial charge in [-0.1, -0.05) is 6.92 Å². The van der Waals surface area contributed by atoms with Crippen LogP contribution in [0.25, 0.3) is 0 Å². The first kappa shape index (κ1) is 9.88. The van der Waals surface area contributed by atoms with E-state index in [9.17, 15) is 0 Å².